The molecule has 29 heavy (non-hydrogen) atoms. The Hall–Kier alpha value is -3.62. The molecule has 3 aromatic heterocycles. The SMILES string of the molecule is COc1ccnc(-c2nc3c(c(N(C)CC(=O)Nc4cncnc4)n2)CCC3)c1. The zero-order chi connectivity index (χ0) is 20.2. The average molecular weight is 391 g/mol. The molecule has 1 amide bonds. The summed E-state index contributed by atoms with van der Waals surface area (Å²) in [5.41, 5.74) is 3.30. The van der Waals surface area contributed by atoms with Gasteiger partial charge in [0.05, 0.1) is 31.7 Å². The van der Waals surface area contributed by atoms with Crippen molar-refractivity contribution in [1.29, 1.82) is 0 Å². The van der Waals surface area contributed by atoms with E-state index in [1.54, 1.807) is 31.8 Å². The van der Waals surface area contributed by atoms with Gasteiger partial charge in [-0.15, -0.1) is 0 Å². The molecule has 1 aliphatic carbocycles. The number of carbonyl (C=O) groups is 1. The maximum Gasteiger partial charge on any atom is 0.244 e. The second-order valence-corrected chi connectivity index (χ2v) is 6.76. The van der Waals surface area contributed by atoms with Crippen LogP contribution in [0.3, 0.4) is 0 Å². The van der Waals surface area contributed by atoms with Crippen LogP contribution in [0.25, 0.3) is 11.5 Å². The van der Waals surface area contributed by atoms with Crippen LogP contribution in [-0.2, 0) is 17.6 Å². The van der Waals surface area contributed by atoms with E-state index in [0.717, 1.165) is 36.3 Å². The minimum Gasteiger partial charge on any atom is -0.497 e. The van der Waals surface area contributed by atoms with E-state index in [1.165, 1.54) is 6.33 Å². The highest BCUT2D eigenvalue weighted by atomic mass is 16.5. The van der Waals surface area contributed by atoms with Crippen molar-refractivity contribution in [3.8, 4) is 17.3 Å². The van der Waals surface area contributed by atoms with Crippen LogP contribution in [0.4, 0.5) is 11.5 Å². The first-order chi connectivity index (χ1) is 14.1. The minimum absolute atomic E-state index is 0.142. The summed E-state index contributed by atoms with van der Waals surface area (Å²) in [6.45, 7) is 0.142. The Balaban J connectivity index is 1.60. The van der Waals surface area contributed by atoms with E-state index in [-0.39, 0.29) is 12.5 Å². The van der Waals surface area contributed by atoms with Gasteiger partial charge in [-0.1, -0.05) is 0 Å². The van der Waals surface area contributed by atoms with Gasteiger partial charge in [0.15, 0.2) is 5.82 Å². The number of anilines is 2. The first kappa shape index (κ1) is 18.7. The summed E-state index contributed by atoms with van der Waals surface area (Å²) >= 11 is 0. The molecule has 9 heteroatoms. The Morgan fingerprint density at radius 2 is 2.07 bits per heavy atom. The van der Waals surface area contributed by atoms with Gasteiger partial charge in [-0.25, -0.2) is 19.9 Å². The molecule has 1 N–H and O–H groups in total. The molecule has 0 bridgehead atoms. The van der Waals surface area contributed by atoms with Gasteiger partial charge in [-0.2, -0.15) is 0 Å². The lowest BCUT2D eigenvalue weighted by molar-refractivity contribution is -0.114. The summed E-state index contributed by atoms with van der Waals surface area (Å²) in [6, 6.07) is 3.59. The Labute approximate surface area is 168 Å². The van der Waals surface area contributed by atoms with Gasteiger partial charge in [0.2, 0.25) is 5.91 Å². The van der Waals surface area contributed by atoms with Crippen LogP contribution < -0.4 is 15.0 Å². The van der Waals surface area contributed by atoms with E-state index in [2.05, 4.69) is 20.3 Å². The Morgan fingerprint density at radius 3 is 2.86 bits per heavy atom. The number of aryl methyl sites for hydroxylation is 1. The quantitative estimate of drug-likeness (QED) is 0.679. The standard InChI is InChI=1S/C20H21N7O2/c1-27(11-18(28)24-13-9-21-12-22-10-13)20-15-4-3-5-16(15)25-19(26-20)17-8-14(29-2)6-7-23-17/h6-10,12H,3-5,11H2,1-2H3,(H,24,28). The van der Waals surface area contributed by atoms with Crippen LogP contribution in [0.5, 0.6) is 5.75 Å². The molecule has 0 atom stereocenters. The van der Waals surface area contributed by atoms with E-state index >= 15 is 0 Å². The molecular weight excluding hydrogens is 370 g/mol. The lowest BCUT2D eigenvalue weighted by Gasteiger charge is -2.21. The maximum atomic E-state index is 12.5. The first-order valence-corrected chi connectivity index (χ1v) is 9.30. The summed E-state index contributed by atoms with van der Waals surface area (Å²) in [6.07, 6.45) is 9.01. The number of aromatic nitrogens is 5. The molecule has 1 aliphatic rings. The number of likely N-dealkylation sites (N-methyl/N-ethyl adjacent to an activating group) is 1. The zero-order valence-corrected chi connectivity index (χ0v) is 16.3. The van der Waals surface area contributed by atoms with Crippen molar-refractivity contribution in [1.82, 2.24) is 24.9 Å². The summed E-state index contributed by atoms with van der Waals surface area (Å²) in [7, 11) is 3.46. The van der Waals surface area contributed by atoms with Crippen LogP contribution in [0.2, 0.25) is 0 Å². The fourth-order valence-corrected chi connectivity index (χ4v) is 3.36. The molecule has 0 fully saturated rings. The number of ether oxygens (including phenoxy) is 1. The second-order valence-electron chi connectivity index (χ2n) is 6.76. The Bertz CT molecular complexity index is 1030. The number of methoxy groups -OCH3 is 1. The van der Waals surface area contributed by atoms with Crippen LogP contribution in [-0.4, -0.2) is 51.5 Å². The molecular formula is C20H21N7O2. The molecule has 0 aromatic carbocycles. The third kappa shape index (κ3) is 4.13. The third-order valence-corrected chi connectivity index (χ3v) is 4.69. The van der Waals surface area contributed by atoms with Gasteiger partial charge >= 0.3 is 0 Å². The summed E-state index contributed by atoms with van der Waals surface area (Å²) in [4.78, 5) is 35.9. The molecule has 148 valence electrons. The molecule has 4 rings (SSSR count). The number of fused-ring (bicyclic) bond motifs is 1. The lowest BCUT2D eigenvalue weighted by Crippen LogP contribution is -2.31. The molecule has 3 heterocycles. The monoisotopic (exact) mass is 391 g/mol. The van der Waals surface area contributed by atoms with Gasteiger partial charge in [0.1, 0.15) is 23.6 Å². The molecule has 0 spiro atoms. The number of amides is 1. The van der Waals surface area contributed by atoms with Crippen molar-refractivity contribution >= 4 is 17.4 Å². The van der Waals surface area contributed by atoms with Gasteiger partial charge < -0.3 is 15.0 Å². The summed E-state index contributed by atoms with van der Waals surface area (Å²) in [5, 5.41) is 2.79. The number of hydrogen-bond donors (Lipinski definition) is 1. The molecule has 9 nitrogen and oxygen atoms in total. The number of hydrogen-bond acceptors (Lipinski definition) is 8. The number of pyridine rings is 1. The Kier molecular flexibility index (Phi) is 5.28. The van der Waals surface area contributed by atoms with Crippen LogP contribution in [0.1, 0.15) is 17.7 Å². The smallest absolute Gasteiger partial charge is 0.244 e. The number of nitrogens with one attached hydrogen (secondary N) is 1. The average Bonchev–Trinajstić information content (AvgIpc) is 3.22. The summed E-state index contributed by atoms with van der Waals surface area (Å²) < 4.78 is 5.29. The van der Waals surface area contributed by atoms with Gasteiger partial charge in [0.25, 0.3) is 0 Å². The lowest BCUT2D eigenvalue weighted by atomic mass is 10.2. The second kappa shape index (κ2) is 8.17. The van der Waals surface area contributed by atoms with E-state index < -0.39 is 0 Å². The van der Waals surface area contributed by atoms with Gasteiger partial charge in [-0.05, 0) is 25.3 Å². The molecule has 0 saturated carbocycles. The van der Waals surface area contributed by atoms with Crippen LogP contribution >= 0.6 is 0 Å². The normalized spacial score (nSPS) is 12.3. The predicted octanol–water partition coefficient (Wildman–Crippen LogP) is 1.90. The van der Waals surface area contributed by atoms with E-state index in [1.807, 2.05) is 18.0 Å². The molecule has 0 saturated heterocycles. The van der Waals surface area contributed by atoms with Gasteiger partial charge in [-0.3, -0.25) is 9.78 Å². The minimum atomic E-state index is -0.172. The predicted molar refractivity (Wildman–Crippen MR) is 108 cm³/mol. The fraction of sp³-hybridized carbons (Fsp3) is 0.300. The van der Waals surface area contributed by atoms with Crippen LogP contribution in [0, 0.1) is 0 Å². The highest BCUT2D eigenvalue weighted by Crippen LogP contribution is 2.31. The molecule has 3 aromatic rings. The fourth-order valence-electron chi connectivity index (χ4n) is 3.36. The van der Waals surface area contributed by atoms with E-state index in [4.69, 9.17) is 14.7 Å². The van der Waals surface area contributed by atoms with E-state index in [0.29, 0.717) is 23.0 Å². The van der Waals surface area contributed by atoms with E-state index in [9.17, 15) is 4.79 Å². The number of carbonyl (C=O) groups excluding carboxylic acids is 1. The molecule has 0 aliphatic heterocycles. The zero-order valence-electron chi connectivity index (χ0n) is 16.3. The van der Waals surface area contributed by atoms with Crippen molar-refractivity contribution in [2.75, 3.05) is 30.9 Å². The van der Waals surface area contributed by atoms with Crippen molar-refractivity contribution in [2.24, 2.45) is 0 Å². The van der Waals surface area contributed by atoms with Crippen molar-refractivity contribution in [2.45, 2.75) is 19.3 Å². The first-order valence-electron chi connectivity index (χ1n) is 9.30. The highest BCUT2D eigenvalue weighted by molar-refractivity contribution is 5.93. The molecule has 0 unspecified atom stereocenters. The Morgan fingerprint density at radius 1 is 1.24 bits per heavy atom. The topological polar surface area (TPSA) is 106 Å². The molecule has 0 radical (unpaired) electrons. The van der Waals surface area contributed by atoms with Crippen molar-refractivity contribution < 1.29 is 9.53 Å². The van der Waals surface area contributed by atoms with Gasteiger partial charge in [0, 0.05) is 30.6 Å². The third-order valence-electron chi connectivity index (χ3n) is 4.69. The van der Waals surface area contributed by atoms with Crippen molar-refractivity contribution in [3.63, 3.8) is 0 Å². The van der Waals surface area contributed by atoms with Crippen molar-refractivity contribution in [3.05, 3.63) is 48.3 Å². The largest absolute Gasteiger partial charge is 0.497 e. The van der Waals surface area contributed by atoms with Crippen LogP contribution in [0.15, 0.2) is 37.1 Å². The summed E-state index contributed by atoms with van der Waals surface area (Å²) in [5.74, 6) is 1.81. The maximum absolute atomic E-state index is 12.5. The number of nitrogens with zero attached hydrogens (tertiary/aromatic N) is 6. The highest BCUT2D eigenvalue weighted by Gasteiger charge is 2.23. The number of rotatable bonds is 6.